The van der Waals surface area contributed by atoms with Crippen LogP contribution in [0.2, 0.25) is 0 Å². The average molecular weight is 343 g/mol. The Hall–Kier alpha value is -2.85. The molecule has 0 atom stereocenters. The van der Waals surface area contributed by atoms with E-state index in [2.05, 4.69) is 5.32 Å². The SMILES string of the molecule is CS(=O)(=O)N(CC(=O)Nc1ccc(CC#N)cc1)c1ccccc1. The summed E-state index contributed by atoms with van der Waals surface area (Å²) in [6.45, 7) is -0.317. The van der Waals surface area contributed by atoms with Crippen molar-refractivity contribution in [3.05, 3.63) is 60.2 Å². The predicted molar refractivity (Wildman–Crippen MR) is 93.0 cm³/mol. The Labute approximate surface area is 141 Å². The van der Waals surface area contributed by atoms with Crippen LogP contribution in [-0.4, -0.2) is 27.1 Å². The van der Waals surface area contributed by atoms with Crippen molar-refractivity contribution in [1.82, 2.24) is 0 Å². The number of amides is 1. The Kier molecular flexibility index (Phi) is 5.55. The number of sulfonamides is 1. The number of hydrogen-bond acceptors (Lipinski definition) is 4. The molecule has 0 aromatic heterocycles. The molecule has 1 N–H and O–H groups in total. The van der Waals surface area contributed by atoms with E-state index in [4.69, 9.17) is 5.26 Å². The molecule has 124 valence electrons. The number of benzene rings is 2. The summed E-state index contributed by atoms with van der Waals surface area (Å²) < 4.78 is 25.0. The van der Waals surface area contributed by atoms with Gasteiger partial charge in [-0.25, -0.2) is 8.42 Å². The van der Waals surface area contributed by atoms with Crippen molar-refractivity contribution in [2.75, 3.05) is 22.4 Å². The molecule has 0 fully saturated rings. The molecule has 0 radical (unpaired) electrons. The molecule has 2 aromatic rings. The fourth-order valence-corrected chi connectivity index (χ4v) is 2.98. The molecule has 0 bridgehead atoms. The summed E-state index contributed by atoms with van der Waals surface area (Å²) in [5, 5.41) is 11.3. The van der Waals surface area contributed by atoms with Crippen LogP contribution >= 0.6 is 0 Å². The number of nitrogens with one attached hydrogen (secondary N) is 1. The van der Waals surface area contributed by atoms with Crippen LogP contribution in [0.25, 0.3) is 0 Å². The van der Waals surface area contributed by atoms with Crippen molar-refractivity contribution in [3.8, 4) is 6.07 Å². The van der Waals surface area contributed by atoms with E-state index in [-0.39, 0.29) is 6.54 Å². The zero-order chi connectivity index (χ0) is 17.6. The Morgan fingerprint density at radius 3 is 2.29 bits per heavy atom. The van der Waals surface area contributed by atoms with Gasteiger partial charge in [0.15, 0.2) is 0 Å². The Morgan fingerprint density at radius 2 is 1.75 bits per heavy atom. The molecule has 0 spiro atoms. The van der Waals surface area contributed by atoms with Crippen molar-refractivity contribution in [2.24, 2.45) is 0 Å². The lowest BCUT2D eigenvalue weighted by molar-refractivity contribution is -0.114. The summed E-state index contributed by atoms with van der Waals surface area (Å²) in [5.41, 5.74) is 1.82. The number of nitriles is 1. The summed E-state index contributed by atoms with van der Waals surface area (Å²) in [4.78, 5) is 12.2. The summed E-state index contributed by atoms with van der Waals surface area (Å²) in [6.07, 6.45) is 1.36. The van der Waals surface area contributed by atoms with Gasteiger partial charge in [0.05, 0.1) is 24.4 Å². The minimum Gasteiger partial charge on any atom is -0.325 e. The fraction of sp³-hybridized carbons (Fsp3) is 0.176. The molecule has 24 heavy (non-hydrogen) atoms. The summed E-state index contributed by atoms with van der Waals surface area (Å²) in [6, 6.07) is 17.3. The number of carbonyl (C=O) groups excluding carboxylic acids is 1. The molecule has 0 aliphatic heterocycles. The van der Waals surface area contributed by atoms with Crippen LogP contribution in [0.5, 0.6) is 0 Å². The average Bonchev–Trinajstić information content (AvgIpc) is 2.54. The standard InChI is InChI=1S/C17H17N3O3S/c1-24(22,23)20(16-5-3-2-4-6-16)13-17(21)19-15-9-7-14(8-10-15)11-12-18/h2-10H,11,13H2,1H3,(H,19,21). The Morgan fingerprint density at radius 1 is 1.12 bits per heavy atom. The van der Waals surface area contributed by atoms with Gasteiger partial charge in [0.2, 0.25) is 15.9 Å². The van der Waals surface area contributed by atoms with Crippen LogP contribution in [0.4, 0.5) is 11.4 Å². The molecule has 2 aromatic carbocycles. The molecule has 1 amide bonds. The van der Waals surface area contributed by atoms with Gasteiger partial charge in [-0.1, -0.05) is 30.3 Å². The second kappa shape index (κ2) is 7.62. The van der Waals surface area contributed by atoms with E-state index in [0.29, 0.717) is 17.8 Å². The third-order valence-corrected chi connectivity index (χ3v) is 4.39. The van der Waals surface area contributed by atoms with Crippen LogP contribution in [-0.2, 0) is 21.2 Å². The third kappa shape index (κ3) is 4.83. The molecular weight excluding hydrogens is 326 g/mol. The van der Waals surface area contributed by atoms with E-state index >= 15 is 0 Å². The number of carbonyl (C=O) groups is 1. The van der Waals surface area contributed by atoms with Crippen LogP contribution in [0.3, 0.4) is 0 Å². The second-order valence-corrected chi connectivity index (χ2v) is 7.09. The molecule has 0 unspecified atom stereocenters. The van der Waals surface area contributed by atoms with Gasteiger partial charge in [-0.05, 0) is 29.8 Å². The normalized spacial score (nSPS) is 10.7. The molecule has 2 rings (SSSR count). The van der Waals surface area contributed by atoms with Crippen molar-refractivity contribution < 1.29 is 13.2 Å². The van der Waals surface area contributed by atoms with Gasteiger partial charge in [0, 0.05) is 5.69 Å². The number of anilines is 2. The van der Waals surface area contributed by atoms with Crippen molar-refractivity contribution in [3.63, 3.8) is 0 Å². The van der Waals surface area contributed by atoms with Gasteiger partial charge < -0.3 is 5.32 Å². The minimum atomic E-state index is -3.58. The molecule has 0 saturated carbocycles. The van der Waals surface area contributed by atoms with E-state index in [1.807, 2.05) is 6.07 Å². The quantitative estimate of drug-likeness (QED) is 0.870. The highest BCUT2D eigenvalue weighted by atomic mass is 32.2. The van der Waals surface area contributed by atoms with Gasteiger partial charge in [0.1, 0.15) is 6.54 Å². The number of hydrogen-bond donors (Lipinski definition) is 1. The molecule has 0 aliphatic rings. The highest BCUT2D eigenvalue weighted by molar-refractivity contribution is 7.92. The van der Waals surface area contributed by atoms with Crippen LogP contribution in [0, 0.1) is 11.3 Å². The van der Waals surface area contributed by atoms with Gasteiger partial charge in [-0.3, -0.25) is 9.10 Å². The molecule has 7 heteroatoms. The number of nitrogens with zero attached hydrogens (tertiary/aromatic N) is 2. The first-order valence-electron chi connectivity index (χ1n) is 7.18. The Balaban J connectivity index is 2.10. The van der Waals surface area contributed by atoms with E-state index < -0.39 is 15.9 Å². The van der Waals surface area contributed by atoms with E-state index in [0.717, 1.165) is 16.1 Å². The first-order valence-corrected chi connectivity index (χ1v) is 9.03. The van der Waals surface area contributed by atoms with Crippen LogP contribution in [0.15, 0.2) is 54.6 Å². The Bertz CT molecular complexity index is 841. The van der Waals surface area contributed by atoms with Gasteiger partial charge in [0.25, 0.3) is 0 Å². The topological polar surface area (TPSA) is 90.3 Å². The first-order chi connectivity index (χ1) is 11.4. The van der Waals surface area contributed by atoms with Crippen molar-refractivity contribution >= 4 is 27.3 Å². The third-order valence-electron chi connectivity index (χ3n) is 3.25. The monoisotopic (exact) mass is 343 g/mol. The summed E-state index contributed by atoms with van der Waals surface area (Å²) in [7, 11) is -3.58. The maximum atomic E-state index is 12.2. The smallest absolute Gasteiger partial charge is 0.245 e. The van der Waals surface area contributed by atoms with Crippen molar-refractivity contribution in [2.45, 2.75) is 6.42 Å². The molecule has 0 aliphatic carbocycles. The molecular formula is C17H17N3O3S. The lowest BCUT2D eigenvalue weighted by Gasteiger charge is -2.21. The maximum absolute atomic E-state index is 12.2. The lowest BCUT2D eigenvalue weighted by atomic mass is 10.1. The maximum Gasteiger partial charge on any atom is 0.245 e. The van der Waals surface area contributed by atoms with Gasteiger partial charge >= 0.3 is 0 Å². The second-order valence-electron chi connectivity index (χ2n) is 5.19. The molecule has 0 heterocycles. The van der Waals surface area contributed by atoms with Crippen molar-refractivity contribution in [1.29, 1.82) is 5.26 Å². The summed E-state index contributed by atoms with van der Waals surface area (Å²) in [5.74, 6) is -0.447. The molecule has 0 saturated heterocycles. The lowest BCUT2D eigenvalue weighted by Crippen LogP contribution is -2.37. The minimum absolute atomic E-state index is 0.296. The zero-order valence-corrected chi connectivity index (χ0v) is 14.0. The molecule has 6 nitrogen and oxygen atoms in total. The van der Waals surface area contributed by atoms with E-state index in [9.17, 15) is 13.2 Å². The number of rotatable bonds is 6. The predicted octanol–water partition coefficient (Wildman–Crippen LogP) is 2.16. The number of para-hydroxylation sites is 1. The van der Waals surface area contributed by atoms with Crippen LogP contribution < -0.4 is 9.62 Å². The van der Waals surface area contributed by atoms with E-state index in [1.165, 1.54) is 0 Å². The van der Waals surface area contributed by atoms with Gasteiger partial charge in [-0.2, -0.15) is 5.26 Å². The fourth-order valence-electron chi connectivity index (χ4n) is 2.12. The largest absolute Gasteiger partial charge is 0.325 e. The highest BCUT2D eigenvalue weighted by Gasteiger charge is 2.20. The van der Waals surface area contributed by atoms with Crippen LogP contribution in [0.1, 0.15) is 5.56 Å². The first kappa shape index (κ1) is 17.5. The van der Waals surface area contributed by atoms with Gasteiger partial charge in [-0.15, -0.1) is 0 Å². The zero-order valence-electron chi connectivity index (χ0n) is 13.1. The van der Waals surface area contributed by atoms with E-state index in [1.54, 1.807) is 54.6 Å². The highest BCUT2D eigenvalue weighted by Crippen LogP contribution is 2.17. The summed E-state index contributed by atoms with van der Waals surface area (Å²) >= 11 is 0.